The zero-order valence-corrected chi connectivity index (χ0v) is 11.7. The summed E-state index contributed by atoms with van der Waals surface area (Å²) in [6.45, 7) is 7.34. The first-order valence-electron chi connectivity index (χ1n) is 6.22. The molecule has 0 unspecified atom stereocenters. The van der Waals surface area contributed by atoms with E-state index in [0.717, 1.165) is 25.2 Å². The monoisotopic (exact) mass is 271 g/mol. The second-order valence-electron chi connectivity index (χ2n) is 4.91. The molecule has 19 heavy (non-hydrogen) atoms. The molecule has 0 N–H and O–H groups in total. The molecular formula is C13H21NO5. The number of methoxy groups -OCH3 is 1. The van der Waals surface area contributed by atoms with Crippen LogP contribution in [0.15, 0.2) is 12.2 Å². The van der Waals surface area contributed by atoms with Crippen LogP contribution in [0, 0.1) is 0 Å². The van der Waals surface area contributed by atoms with Crippen LogP contribution in [0.3, 0.4) is 0 Å². The van der Waals surface area contributed by atoms with Gasteiger partial charge < -0.3 is 14.2 Å². The van der Waals surface area contributed by atoms with Gasteiger partial charge in [-0.25, -0.2) is 9.59 Å². The van der Waals surface area contributed by atoms with Crippen LogP contribution in [0.4, 0.5) is 0 Å². The fourth-order valence-electron chi connectivity index (χ4n) is 1.83. The molecule has 1 aliphatic rings. The molecule has 0 aliphatic carbocycles. The van der Waals surface area contributed by atoms with Gasteiger partial charge in [0.25, 0.3) is 0 Å². The number of ether oxygens (including phenoxy) is 3. The van der Waals surface area contributed by atoms with Gasteiger partial charge in [0.15, 0.2) is 0 Å². The largest absolute Gasteiger partial charge is 0.466 e. The van der Waals surface area contributed by atoms with Crippen LogP contribution in [0.5, 0.6) is 0 Å². The molecule has 108 valence electrons. The minimum atomic E-state index is -0.577. The van der Waals surface area contributed by atoms with E-state index in [9.17, 15) is 9.59 Å². The Hall–Kier alpha value is -1.40. The first-order chi connectivity index (χ1) is 8.93. The zero-order valence-electron chi connectivity index (χ0n) is 11.7. The Bertz CT molecular complexity index is 351. The van der Waals surface area contributed by atoms with E-state index in [2.05, 4.69) is 9.64 Å². The van der Waals surface area contributed by atoms with Crippen LogP contribution in [0.25, 0.3) is 0 Å². The average Bonchev–Trinajstić information content (AvgIpc) is 2.34. The number of rotatable bonds is 5. The molecule has 0 spiro atoms. The lowest BCUT2D eigenvalue weighted by Gasteiger charge is -2.37. The summed E-state index contributed by atoms with van der Waals surface area (Å²) >= 11 is 0. The van der Waals surface area contributed by atoms with Crippen LogP contribution in [0.2, 0.25) is 0 Å². The van der Waals surface area contributed by atoms with Crippen molar-refractivity contribution in [1.29, 1.82) is 0 Å². The summed E-state index contributed by atoms with van der Waals surface area (Å²) in [5.74, 6) is -1.12. The number of morpholine rings is 1. The molecular weight excluding hydrogens is 250 g/mol. The second-order valence-corrected chi connectivity index (χ2v) is 4.91. The highest BCUT2D eigenvalue weighted by Gasteiger charge is 2.26. The van der Waals surface area contributed by atoms with Crippen LogP contribution in [-0.2, 0) is 23.8 Å². The van der Waals surface area contributed by atoms with E-state index in [-0.39, 0.29) is 5.60 Å². The highest BCUT2D eigenvalue weighted by Crippen LogP contribution is 2.15. The molecule has 1 saturated heterocycles. The Morgan fingerprint density at radius 3 is 2.63 bits per heavy atom. The van der Waals surface area contributed by atoms with E-state index in [1.54, 1.807) is 0 Å². The Labute approximate surface area is 113 Å². The maximum atomic E-state index is 11.3. The molecule has 1 heterocycles. The number of carbonyl (C=O) groups excluding carboxylic acids is 2. The maximum Gasteiger partial charge on any atom is 0.331 e. The van der Waals surface area contributed by atoms with Gasteiger partial charge in [0, 0.05) is 31.8 Å². The summed E-state index contributed by atoms with van der Waals surface area (Å²) < 4.78 is 14.9. The summed E-state index contributed by atoms with van der Waals surface area (Å²) in [6, 6.07) is 0. The molecule has 0 atom stereocenters. The van der Waals surface area contributed by atoms with Crippen LogP contribution >= 0.6 is 0 Å². The summed E-state index contributed by atoms with van der Waals surface area (Å²) in [5, 5.41) is 0. The third-order valence-electron chi connectivity index (χ3n) is 2.71. The van der Waals surface area contributed by atoms with Gasteiger partial charge in [-0.3, -0.25) is 4.90 Å². The highest BCUT2D eigenvalue weighted by molar-refractivity contribution is 5.91. The number of hydrogen-bond donors (Lipinski definition) is 0. The van der Waals surface area contributed by atoms with Crippen molar-refractivity contribution in [2.75, 3.05) is 40.0 Å². The molecule has 0 bridgehead atoms. The van der Waals surface area contributed by atoms with E-state index in [1.807, 2.05) is 13.8 Å². The van der Waals surface area contributed by atoms with Crippen molar-refractivity contribution in [3.8, 4) is 0 Å². The normalized spacial score (nSPS) is 19.3. The molecule has 1 rings (SSSR count). The van der Waals surface area contributed by atoms with Crippen molar-refractivity contribution in [3.63, 3.8) is 0 Å². The van der Waals surface area contributed by atoms with Crippen molar-refractivity contribution < 1.29 is 23.8 Å². The van der Waals surface area contributed by atoms with E-state index in [0.29, 0.717) is 19.8 Å². The van der Waals surface area contributed by atoms with Gasteiger partial charge in [0.1, 0.15) is 6.61 Å². The Morgan fingerprint density at radius 1 is 1.32 bits per heavy atom. The molecule has 0 aromatic heterocycles. The molecule has 0 amide bonds. The summed E-state index contributed by atoms with van der Waals surface area (Å²) in [6.07, 6.45) is 2.11. The zero-order chi connectivity index (χ0) is 14.3. The van der Waals surface area contributed by atoms with Gasteiger partial charge in [-0.05, 0) is 13.8 Å². The molecule has 6 nitrogen and oxygen atoms in total. The predicted octanol–water partition coefficient (Wildman–Crippen LogP) is 0.370. The minimum Gasteiger partial charge on any atom is -0.466 e. The van der Waals surface area contributed by atoms with Crippen LogP contribution < -0.4 is 0 Å². The van der Waals surface area contributed by atoms with Gasteiger partial charge in [-0.2, -0.15) is 0 Å². The van der Waals surface area contributed by atoms with Gasteiger partial charge in [-0.1, -0.05) is 0 Å². The molecule has 1 aliphatic heterocycles. The van der Waals surface area contributed by atoms with Crippen molar-refractivity contribution >= 4 is 11.9 Å². The lowest BCUT2D eigenvalue weighted by molar-refractivity contribution is -0.140. The lowest BCUT2D eigenvalue weighted by atomic mass is 10.1. The fraction of sp³-hybridized carbons (Fsp3) is 0.692. The number of nitrogens with zero attached hydrogens (tertiary/aromatic N) is 1. The third kappa shape index (κ3) is 6.35. The number of carbonyl (C=O) groups is 2. The predicted molar refractivity (Wildman–Crippen MR) is 68.6 cm³/mol. The molecule has 0 aromatic carbocycles. The van der Waals surface area contributed by atoms with E-state index < -0.39 is 11.9 Å². The molecule has 6 heteroatoms. The van der Waals surface area contributed by atoms with Crippen molar-refractivity contribution in [2.45, 2.75) is 19.4 Å². The smallest absolute Gasteiger partial charge is 0.331 e. The maximum absolute atomic E-state index is 11.3. The molecule has 0 radical (unpaired) electrons. The Balaban J connectivity index is 2.21. The summed E-state index contributed by atoms with van der Waals surface area (Å²) in [5.41, 5.74) is -0.160. The van der Waals surface area contributed by atoms with Crippen molar-refractivity contribution in [2.24, 2.45) is 0 Å². The third-order valence-corrected chi connectivity index (χ3v) is 2.71. The topological polar surface area (TPSA) is 65.1 Å². The molecule has 1 fully saturated rings. The first kappa shape index (κ1) is 15.7. The van der Waals surface area contributed by atoms with Crippen LogP contribution in [0.1, 0.15) is 13.8 Å². The fourth-order valence-corrected chi connectivity index (χ4v) is 1.83. The SMILES string of the molecule is COC(=O)C=CC(=O)OCCN1CCOC(C)(C)C1. The Kier molecular flexibility index (Phi) is 5.98. The van der Waals surface area contributed by atoms with Gasteiger partial charge >= 0.3 is 11.9 Å². The van der Waals surface area contributed by atoms with Gasteiger partial charge in [0.05, 0.1) is 19.3 Å². The van der Waals surface area contributed by atoms with Crippen molar-refractivity contribution in [3.05, 3.63) is 12.2 Å². The van der Waals surface area contributed by atoms with Gasteiger partial charge in [0.2, 0.25) is 0 Å². The molecule has 0 aromatic rings. The number of esters is 2. The average molecular weight is 271 g/mol. The van der Waals surface area contributed by atoms with E-state index in [4.69, 9.17) is 9.47 Å². The number of hydrogen-bond acceptors (Lipinski definition) is 6. The first-order valence-corrected chi connectivity index (χ1v) is 6.22. The molecule has 0 saturated carbocycles. The highest BCUT2D eigenvalue weighted by atomic mass is 16.5. The quantitative estimate of drug-likeness (QED) is 0.532. The Morgan fingerprint density at radius 2 is 2.00 bits per heavy atom. The minimum absolute atomic E-state index is 0.160. The van der Waals surface area contributed by atoms with Gasteiger partial charge in [-0.15, -0.1) is 0 Å². The van der Waals surface area contributed by atoms with E-state index in [1.165, 1.54) is 7.11 Å². The lowest BCUT2D eigenvalue weighted by Crippen LogP contribution is -2.49. The van der Waals surface area contributed by atoms with Crippen LogP contribution in [-0.4, -0.2) is 62.4 Å². The second kappa shape index (κ2) is 7.25. The summed E-state index contributed by atoms with van der Waals surface area (Å²) in [7, 11) is 1.25. The van der Waals surface area contributed by atoms with Crippen molar-refractivity contribution in [1.82, 2.24) is 4.90 Å². The standard InChI is InChI=1S/C13H21NO5/c1-13(2)10-14(7-9-19-13)6-8-18-12(16)5-4-11(15)17-3/h4-5H,6-10H2,1-3H3. The van der Waals surface area contributed by atoms with E-state index >= 15 is 0 Å². The summed E-state index contributed by atoms with van der Waals surface area (Å²) in [4.78, 5) is 24.2.